The van der Waals surface area contributed by atoms with Crippen molar-refractivity contribution >= 4 is 23.0 Å². The molecule has 4 rings (SSSR count). The van der Waals surface area contributed by atoms with E-state index in [-0.39, 0.29) is 24.7 Å². The fourth-order valence-corrected chi connectivity index (χ4v) is 4.19. The smallest absolute Gasteiger partial charge is 0.261 e. The Kier molecular flexibility index (Phi) is 5.79. The van der Waals surface area contributed by atoms with Gasteiger partial charge in [-0.25, -0.2) is 8.78 Å². The summed E-state index contributed by atoms with van der Waals surface area (Å²) in [5, 5.41) is 12.2. The van der Waals surface area contributed by atoms with Gasteiger partial charge in [0.15, 0.2) is 0 Å². The van der Waals surface area contributed by atoms with E-state index in [4.69, 9.17) is 4.74 Å². The molecular weight excluding hydrogens is 416 g/mol. The summed E-state index contributed by atoms with van der Waals surface area (Å²) in [4.78, 5) is 24.8. The summed E-state index contributed by atoms with van der Waals surface area (Å²) in [6, 6.07) is 10.1. The van der Waals surface area contributed by atoms with Crippen LogP contribution >= 0.6 is 0 Å². The second-order valence-electron chi connectivity index (χ2n) is 8.40. The number of benzene rings is 2. The molecule has 3 unspecified atom stereocenters. The lowest BCUT2D eigenvalue weighted by Gasteiger charge is -2.42. The average Bonchev–Trinajstić information content (AvgIpc) is 2.75. The largest absolute Gasteiger partial charge is 0.393 e. The molecular formula is C25H23F2NO4. The number of allylic oxidation sites excluding steroid dienone is 2. The van der Waals surface area contributed by atoms with E-state index in [0.717, 1.165) is 28.8 Å². The Morgan fingerprint density at radius 1 is 1.19 bits per heavy atom. The third-order valence-corrected chi connectivity index (χ3v) is 5.96. The molecule has 1 amide bonds. The highest BCUT2D eigenvalue weighted by Gasteiger charge is 2.44. The molecule has 7 heteroatoms. The second-order valence-corrected chi connectivity index (χ2v) is 8.40. The number of aliphatic hydroxyl groups is 1. The van der Waals surface area contributed by atoms with Crippen molar-refractivity contribution in [3.8, 4) is 0 Å². The van der Waals surface area contributed by atoms with Gasteiger partial charge in [-0.1, -0.05) is 30.4 Å². The lowest BCUT2D eigenvalue weighted by molar-refractivity contribution is -0.163. The summed E-state index contributed by atoms with van der Waals surface area (Å²) in [5.74, 6) is -3.09. The molecule has 1 saturated heterocycles. The van der Waals surface area contributed by atoms with Crippen molar-refractivity contribution < 1.29 is 28.2 Å². The molecule has 0 spiro atoms. The number of hydrogen-bond acceptors (Lipinski definition) is 4. The first-order valence-electron chi connectivity index (χ1n) is 10.3. The van der Waals surface area contributed by atoms with Gasteiger partial charge in [0.25, 0.3) is 5.91 Å². The van der Waals surface area contributed by atoms with Gasteiger partial charge in [0.2, 0.25) is 0 Å². The van der Waals surface area contributed by atoms with Crippen LogP contribution in [-0.2, 0) is 9.53 Å². The van der Waals surface area contributed by atoms with Crippen molar-refractivity contribution in [3.05, 3.63) is 83.0 Å². The predicted octanol–water partition coefficient (Wildman–Crippen LogP) is 4.29. The zero-order valence-electron chi connectivity index (χ0n) is 17.7. The molecule has 3 atom stereocenters. The molecule has 2 N–H and O–H groups in total. The first kappa shape index (κ1) is 22.0. The van der Waals surface area contributed by atoms with Gasteiger partial charge in [-0.05, 0) is 54.8 Å². The van der Waals surface area contributed by atoms with Crippen LogP contribution in [0.1, 0.15) is 36.2 Å². The Morgan fingerprint density at radius 2 is 1.84 bits per heavy atom. The maximum atomic E-state index is 13.8. The normalized spacial score (nSPS) is 25.0. The predicted molar refractivity (Wildman–Crippen MR) is 116 cm³/mol. The number of nitrogens with one attached hydrogen (secondary N) is 1. The van der Waals surface area contributed by atoms with Crippen molar-refractivity contribution in [2.75, 3.05) is 11.9 Å². The number of halogens is 2. The Labute approximate surface area is 184 Å². The van der Waals surface area contributed by atoms with E-state index in [2.05, 4.69) is 5.32 Å². The molecule has 1 fully saturated rings. The lowest BCUT2D eigenvalue weighted by Crippen LogP contribution is -2.50. The van der Waals surface area contributed by atoms with E-state index in [1.807, 2.05) is 19.1 Å². The molecule has 2 aromatic carbocycles. The first-order chi connectivity index (χ1) is 15.2. The maximum absolute atomic E-state index is 13.8. The van der Waals surface area contributed by atoms with Crippen molar-refractivity contribution in [2.24, 2.45) is 5.92 Å². The maximum Gasteiger partial charge on any atom is 0.261 e. The van der Waals surface area contributed by atoms with Gasteiger partial charge >= 0.3 is 0 Å². The zero-order valence-corrected chi connectivity index (χ0v) is 17.7. The average molecular weight is 439 g/mol. The number of hydrogen-bond donors (Lipinski definition) is 2. The minimum atomic E-state index is -0.932. The minimum Gasteiger partial charge on any atom is -0.393 e. The number of ether oxygens (including phenoxy) is 1. The van der Waals surface area contributed by atoms with Gasteiger partial charge in [-0.15, -0.1) is 0 Å². The summed E-state index contributed by atoms with van der Waals surface area (Å²) in [7, 11) is 0. The minimum absolute atomic E-state index is 0.0332. The van der Waals surface area contributed by atoms with Crippen LogP contribution in [0.3, 0.4) is 0 Å². The molecule has 1 aliphatic carbocycles. The molecule has 1 aliphatic heterocycles. The van der Waals surface area contributed by atoms with E-state index in [1.165, 1.54) is 6.07 Å². The van der Waals surface area contributed by atoms with Crippen molar-refractivity contribution in [2.45, 2.75) is 32.0 Å². The summed E-state index contributed by atoms with van der Waals surface area (Å²) in [6.07, 6.45) is 3.40. The lowest BCUT2D eigenvalue weighted by atomic mass is 9.77. The van der Waals surface area contributed by atoms with Gasteiger partial charge in [0.1, 0.15) is 23.0 Å². The highest BCUT2D eigenvalue weighted by atomic mass is 19.1. The highest BCUT2D eigenvalue weighted by Crippen LogP contribution is 2.40. The number of rotatable bonds is 4. The molecule has 5 nitrogen and oxygen atoms in total. The molecule has 1 heterocycles. The van der Waals surface area contributed by atoms with Gasteiger partial charge < -0.3 is 15.2 Å². The Bertz CT molecular complexity index is 1120. The van der Waals surface area contributed by atoms with Crippen molar-refractivity contribution in [3.63, 3.8) is 0 Å². The number of Topliss-reactive ketones (excluding diaryl/α,β-unsaturated/α-hetero) is 1. The van der Waals surface area contributed by atoms with Crippen LogP contribution in [0.4, 0.5) is 14.5 Å². The van der Waals surface area contributed by atoms with Crippen LogP contribution < -0.4 is 5.32 Å². The van der Waals surface area contributed by atoms with Gasteiger partial charge in [0.05, 0.1) is 24.2 Å². The van der Waals surface area contributed by atoms with Gasteiger partial charge in [-0.3, -0.25) is 9.59 Å². The quantitative estimate of drug-likeness (QED) is 0.746. The molecule has 0 bridgehead atoms. The third kappa shape index (κ3) is 4.01. The number of ketones is 1. The van der Waals surface area contributed by atoms with E-state index >= 15 is 0 Å². The molecule has 2 aromatic rings. The highest BCUT2D eigenvalue weighted by molar-refractivity contribution is 6.04. The molecule has 0 aromatic heterocycles. The van der Waals surface area contributed by atoms with Crippen molar-refractivity contribution in [1.29, 1.82) is 0 Å². The number of aliphatic hydroxyl groups excluding tert-OH is 1. The van der Waals surface area contributed by atoms with Crippen molar-refractivity contribution in [1.82, 2.24) is 0 Å². The Balaban J connectivity index is 1.56. The summed E-state index contributed by atoms with van der Waals surface area (Å²) in [5.41, 5.74) is 1.41. The van der Waals surface area contributed by atoms with E-state index in [1.54, 1.807) is 31.2 Å². The Hall–Kier alpha value is -3.16. The summed E-state index contributed by atoms with van der Waals surface area (Å²) < 4.78 is 33.8. The zero-order chi connectivity index (χ0) is 23.0. The van der Waals surface area contributed by atoms with E-state index < -0.39 is 34.8 Å². The fraction of sp³-hybridized carbons (Fsp3) is 0.280. The Morgan fingerprint density at radius 3 is 2.47 bits per heavy atom. The van der Waals surface area contributed by atoms with Crippen LogP contribution in [0.5, 0.6) is 0 Å². The molecule has 0 radical (unpaired) electrons. The second kappa shape index (κ2) is 8.41. The van der Waals surface area contributed by atoms with Crippen LogP contribution in [0, 0.1) is 17.6 Å². The van der Waals surface area contributed by atoms with Crippen LogP contribution in [0.15, 0.2) is 60.2 Å². The number of fused-ring (bicyclic) bond motifs is 1. The monoisotopic (exact) mass is 439 g/mol. The van der Waals surface area contributed by atoms with Crippen LogP contribution in [0.25, 0.3) is 5.57 Å². The number of carbonyl (C=O) groups is 2. The SMILES string of the molecule is CC1=C(c2ccc(NC(=O)c3c(F)cccc3F)cc2)C=CC2C(=O)CC(C)(CO)OC12. The number of carbonyl (C=O) groups excluding carboxylic acids is 2. The molecule has 32 heavy (non-hydrogen) atoms. The topological polar surface area (TPSA) is 75.6 Å². The summed E-state index contributed by atoms with van der Waals surface area (Å²) >= 11 is 0. The van der Waals surface area contributed by atoms with Crippen LogP contribution in [-0.4, -0.2) is 35.1 Å². The number of anilines is 1. The van der Waals surface area contributed by atoms with Crippen LogP contribution in [0.2, 0.25) is 0 Å². The molecule has 2 aliphatic rings. The van der Waals surface area contributed by atoms with Gasteiger partial charge in [-0.2, -0.15) is 0 Å². The first-order valence-corrected chi connectivity index (χ1v) is 10.3. The summed E-state index contributed by atoms with van der Waals surface area (Å²) in [6.45, 7) is 3.37. The third-order valence-electron chi connectivity index (χ3n) is 5.96. The fourth-order valence-electron chi connectivity index (χ4n) is 4.19. The standard InChI is InChI=1S/C25H23F2NO4/c1-14-17(10-11-18-21(30)12-25(2,13-29)32-23(14)18)15-6-8-16(9-7-15)28-24(31)22-19(26)4-3-5-20(22)27/h3-11,18,23,29H,12-13H2,1-2H3,(H,28,31). The molecule has 166 valence electrons. The van der Waals surface area contributed by atoms with E-state index in [9.17, 15) is 23.5 Å². The van der Waals surface area contributed by atoms with E-state index in [0.29, 0.717) is 5.69 Å². The van der Waals surface area contributed by atoms with Gasteiger partial charge in [0, 0.05) is 12.1 Å². The molecule has 0 saturated carbocycles. The number of amides is 1.